The first kappa shape index (κ1) is 9.70. The molecule has 1 heterocycles. The second-order valence-corrected chi connectivity index (χ2v) is 2.99. The van der Waals surface area contributed by atoms with Crippen molar-refractivity contribution < 1.29 is 9.53 Å². The Morgan fingerprint density at radius 2 is 1.92 bits per heavy atom. The Labute approximate surface area is 76.7 Å². The van der Waals surface area contributed by atoms with E-state index in [1.165, 1.54) is 6.92 Å². The van der Waals surface area contributed by atoms with Crippen molar-refractivity contribution in [2.45, 2.75) is 19.8 Å². The second-order valence-electron chi connectivity index (χ2n) is 2.99. The molecule has 0 spiro atoms. The van der Waals surface area contributed by atoms with Crippen molar-refractivity contribution in [3.05, 3.63) is 0 Å². The number of hydrogen-bond acceptors (Lipinski definition) is 4. The van der Waals surface area contributed by atoms with Crippen LogP contribution in [0.2, 0.25) is 0 Å². The van der Waals surface area contributed by atoms with Crippen molar-refractivity contribution in [2.75, 3.05) is 13.1 Å². The van der Waals surface area contributed by atoms with Crippen LogP contribution < -0.4 is 0 Å². The molecule has 0 aromatic heterocycles. The molecule has 5 nitrogen and oxygen atoms in total. The third-order valence-corrected chi connectivity index (χ3v) is 1.86. The van der Waals surface area contributed by atoms with Gasteiger partial charge in [0.2, 0.25) is 0 Å². The van der Waals surface area contributed by atoms with Gasteiger partial charge in [-0.25, -0.2) is 0 Å². The van der Waals surface area contributed by atoms with Gasteiger partial charge < -0.3 is 9.64 Å². The highest BCUT2D eigenvalue weighted by molar-refractivity contribution is 5.87. The molecule has 0 aromatic rings. The second kappa shape index (κ2) is 4.02. The molecule has 72 valence electrons. The standard InChI is InChI=1S/C8H13N3O2/c1-6(9)13-8(10)11-4-2-7(12)3-5-11/h9-10H,2-5H2,1H3. The molecule has 1 aliphatic heterocycles. The van der Waals surface area contributed by atoms with Crippen LogP contribution in [0.4, 0.5) is 0 Å². The number of Topliss-reactive ketones (excluding diaryl/α,β-unsaturated/α-hetero) is 1. The van der Waals surface area contributed by atoms with E-state index in [-0.39, 0.29) is 17.7 Å². The Kier molecular flexibility index (Phi) is 3.00. The molecule has 0 aromatic carbocycles. The molecule has 1 fully saturated rings. The molecule has 0 radical (unpaired) electrons. The Bertz CT molecular complexity index is 240. The average Bonchev–Trinajstić information content (AvgIpc) is 2.04. The van der Waals surface area contributed by atoms with Crippen LogP contribution in [0.15, 0.2) is 0 Å². The molecule has 5 heteroatoms. The molecule has 0 bridgehead atoms. The fraction of sp³-hybridized carbons (Fsp3) is 0.625. The van der Waals surface area contributed by atoms with Gasteiger partial charge in [-0.3, -0.25) is 15.6 Å². The molecule has 0 amide bonds. The van der Waals surface area contributed by atoms with Crippen LogP contribution in [0.1, 0.15) is 19.8 Å². The van der Waals surface area contributed by atoms with Crippen LogP contribution in [0, 0.1) is 10.8 Å². The van der Waals surface area contributed by atoms with Crippen LogP contribution in [0.3, 0.4) is 0 Å². The quantitative estimate of drug-likeness (QED) is 0.426. The van der Waals surface area contributed by atoms with Gasteiger partial charge in [0.05, 0.1) is 0 Å². The number of rotatable bonds is 0. The maximum atomic E-state index is 10.9. The molecule has 2 N–H and O–H groups in total. The smallest absolute Gasteiger partial charge is 0.291 e. The van der Waals surface area contributed by atoms with Gasteiger partial charge >= 0.3 is 0 Å². The number of carbonyl (C=O) groups is 1. The van der Waals surface area contributed by atoms with Crippen LogP contribution in [-0.2, 0) is 9.53 Å². The average molecular weight is 183 g/mol. The van der Waals surface area contributed by atoms with E-state index in [1.54, 1.807) is 4.90 Å². The lowest BCUT2D eigenvalue weighted by molar-refractivity contribution is -0.120. The van der Waals surface area contributed by atoms with Crippen LogP contribution in [0.25, 0.3) is 0 Å². The highest BCUT2D eigenvalue weighted by Crippen LogP contribution is 2.06. The summed E-state index contributed by atoms with van der Waals surface area (Å²) >= 11 is 0. The predicted octanol–water partition coefficient (Wildman–Crippen LogP) is 0.600. The highest BCUT2D eigenvalue weighted by atomic mass is 16.5. The number of nitrogens with zero attached hydrogens (tertiary/aromatic N) is 1. The number of amidine groups is 1. The maximum absolute atomic E-state index is 10.9. The van der Waals surface area contributed by atoms with E-state index in [0.29, 0.717) is 25.9 Å². The number of carbonyl (C=O) groups excluding carboxylic acids is 1. The topological polar surface area (TPSA) is 77.2 Å². The van der Waals surface area contributed by atoms with Gasteiger partial charge in [-0.2, -0.15) is 0 Å². The first-order valence-corrected chi connectivity index (χ1v) is 4.18. The van der Waals surface area contributed by atoms with Crippen molar-refractivity contribution in [3.8, 4) is 0 Å². The number of ketones is 1. The lowest BCUT2D eigenvalue weighted by Gasteiger charge is -2.26. The number of piperidine rings is 1. The largest absolute Gasteiger partial charge is 0.412 e. The first-order valence-electron chi connectivity index (χ1n) is 4.18. The van der Waals surface area contributed by atoms with Crippen molar-refractivity contribution in [3.63, 3.8) is 0 Å². The van der Waals surface area contributed by atoms with E-state index < -0.39 is 0 Å². The van der Waals surface area contributed by atoms with Gasteiger partial charge in [0.15, 0.2) is 5.90 Å². The van der Waals surface area contributed by atoms with Gasteiger partial charge in [-0.05, 0) is 0 Å². The minimum Gasteiger partial charge on any atom is -0.412 e. The van der Waals surface area contributed by atoms with E-state index in [9.17, 15) is 4.79 Å². The van der Waals surface area contributed by atoms with Crippen LogP contribution in [0.5, 0.6) is 0 Å². The number of likely N-dealkylation sites (tertiary alicyclic amines) is 1. The van der Waals surface area contributed by atoms with Crippen molar-refractivity contribution >= 4 is 17.7 Å². The number of nitrogens with one attached hydrogen (secondary N) is 2. The highest BCUT2D eigenvalue weighted by Gasteiger charge is 2.19. The normalized spacial score (nSPS) is 17.0. The fourth-order valence-corrected chi connectivity index (χ4v) is 1.17. The van der Waals surface area contributed by atoms with Gasteiger partial charge in [-0.15, -0.1) is 0 Å². The van der Waals surface area contributed by atoms with Crippen molar-refractivity contribution in [2.24, 2.45) is 0 Å². The SMILES string of the molecule is CC(=N)OC(=N)N1CCC(=O)CC1. The third kappa shape index (κ3) is 2.85. The van der Waals surface area contributed by atoms with Crippen molar-refractivity contribution in [1.82, 2.24) is 4.90 Å². The fourth-order valence-electron chi connectivity index (χ4n) is 1.17. The van der Waals surface area contributed by atoms with E-state index in [1.807, 2.05) is 0 Å². The summed E-state index contributed by atoms with van der Waals surface area (Å²) in [4.78, 5) is 12.5. The summed E-state index contributed by atoms with van der Waals surface area (Å²) < 4.78 is 4.81. The number of hydrogen-bond donors (Lipinski definition) is 2. The molecule has 0 unspecified atom stereocenters. The lowest BCUT2D eigenvalue weighted by atomic mass is 10.1. The molecule has 1 aliphatic rings. The lowest BCUT2D eigenvalue weighted by Crippen LogP contribution is -2.39. The molecule has 0 atom stereocenters. The van der Waals surface area contributed by atoms with Gasteiger partial charge in [0.25, 0.3) is 6.02 Å². The Balaban J connectivity index is 2.40. The van der Waals surface area contributed by atoms with Gasteiger partial charge in [0, 0.05) is 32.9 Å². The molecule has 0 saturated carbocycles. The summed E-state index contributed by atoms with van der Waals surface area (Å²) in [6.45, 7) is 2.54. The zero-order valence-electron chi connectivity index (χ0n) is 7.59. The molecular weight excluding hydrogens is 170 g/mol. The summed E-state index contributed by atoms with van der Waals surface area (Å²) in [5.74, 6) is 0.234. The first-order chi connectivity index (χ1) is 6.09. The summed E-state index contributed by atoms with van der Waals surface area (Å²) in [6.07, 6.45) is 0.950. The van der Waals surface area contributed by atoms with E-state index >= 15 is 0 Å². The van der Waals surface area contributed by atoms with E-state index in [0.717, 1.165) is 0 Å². The van der Waals surface area contributed by atoms with Crippen molar-refractivity contribution in [1.29, 1.82) is 10.8 Å². The summed E-state index contributed by atoms with van der Waals surface area (Å²) in [5, 5.41) is 14.5. The molecule has 1 rings (SSSR count). The minimum absolute atomic E-state index is 0.00176. The van der Waals surface area contributed by atoms with Gasteiger partial charge in [0.1, 0.15) is 5.78 Å². The Morgan fingerprint density at radius 3 is 2.38 bits per heavy atom. The van der Waals surface area contributed by atoms with Crippen LogP contribution >= 0.6 is 0 Å². The predicted molar refractivity (Wildman–Crippen MR) is 48.0 cm³/mol. The molecular formula is C8H13N3O2. The van der Waals surface area contributed by atoms with E-state index in [4.69, 9.17) is 15.6 Å². The molecule has 1 saturated heterocycles. The molecule has 13 heavy (non-hydrogen) atoms. The minimum atomic E-state index is -0.0278. The summed E-state index contributed by atoms with van der Waals surface area (Å²) in [5.41, 5.74) is 0. The van der Waals surface area contributed by atoms with E-state index in [2.05, 4.69) is 0 Å². The Hall–Kier alpha value is -1.39. The zero-order valence-corrected chi connectivity index (χ0v) is 7.59. The van der Waals surface area contributed by atoms with Crippen LogP contribution in [-0.4, -0.2) is 35.7 Å². The maximum Gasteiger partial charge on any atom is 0.291 e. The monoisotopic (exact) mass is 183 g/mol. The van der Waals surface area contributed by atoms with Gasteiger partial charge in [-0.1, -0.05) is 0 Å². The molecule has 0 aliphatic carbocycles. The summed E-state index contributed by atoms with van der Waals surface area (Å²) in [7, 11) is 0. The third-order valence-electron chi connectivity index (χ3n) is 1.86. The summed E-state index contributed by atoms with van der Waals surface area (Å²) in [6, 6.07) is -0.0278. The number of ether oxygens (including phenoxy) is 1. The zero-order chi connectivity index (χ0) is 9.84. The Morgan fingerprint density at radius 1 is 1.38 bits per heavy atom.